The van der Waals surface area contributed by atoms with Crippen molar-refractivity contribution in [2.75, 3.05) is 6.54 Å². The molecule has 2 amide bonds. The number of carbonyl (C=O) groups is 1. The first kappa shape index (κ1) is 21.0. The summed E-state index contributed by atoms with van der Waals surface area (Å²) in [5, 5.41) is 3.38. The molecule has 160 valence electrons. The molecule has 9 heteroatoms. The number of amidine groups is 1. The number of carbonyl (C=O) groups excluding carboxylic acids is 1. The predicted octanol–water partition coefficient (Wildman–Crippen LogP) is 4.57. The molecule has 3 aromatic rings. The lowest BCUT2D eigenvalue weighted by atomic mass is 10.0. The third kappa shape index (κ3) is 5.08. The summed E-state index contributed by atoms with van der Waals surface area (Å²) in [6, 6.07) is 9.40. The van der Waals surface area contributed by atoms with Crippen molar-refractivity contribution in [1.29, 1.82) is 0 Å². The Morgan fingerprint density at radius 2 is 1.84 bits per heavy atom. The highest BCUT2D eigenvalue weighted by molar-refractivity contribution is 6.30. The molecule has 0 radical (unpaired) electrons. The van der Waals surface area contributed by atoms with Crippen LogP contribution in [0.15, 0.2) is 66.2 Å². The number of imidazole rings is 1. The van der Waals surface area contributed by atoms with Gasteiger partial charge in [0.25, 0.3) is 0 Å². The first-order valence-electron chi connectivity index (χ1n) is 9.78. The summed E-state index contributed by atoms with van der Waals surface area (Å²) in [5.41, 5.74) is 1.22. The molecule has 1 aliphatic rings. The molecule has 1 N–H and O–H groups in total. The van der Waals surface area contributed by atoms with Gasteiger partial charge in [-0.05, 0) is 41.8 Å². The second-order valence-electron chi connectivity index (χ2n) is 7.21. The third-order valence-electron chi connectivity index (χ3n) is 4.99. The van der Waals surface area contributed by atoms with Crippen molar-refractivity contribution in [3.63, 3.8) is 0 Å². The van der Waals surface area contributed by atoms with Crippen molar-refractivity contribution in [2.24, 2.45) is 4.99 Å². The Balaban J connectivity index is 1.59. The quantitative estimate of drug-likeness (QED) is 0.581. The molecule has 31 heavy (non-hydrogen) atoms. The largest absolute Gasteiger partial charge is 0.337 e. The molecule has 1 aromatic heterocycles. The Hall–Kier alpha value is -3.26. The van der Waals surface area contributed by atoms with Gasteiger partial charge in [-0.1, -0.05) is 23.7 Å². The molecule has 1 saturated heterocycles. The first-order valence-corrected chi connectivity index (χ1v) is 10.2. The third-order valence-corrected chi connectivity index (χ3v) is 5.24. The number of aromatic nitrogens is 2. The van der Waals surface area contributed by atoms with E-state index in [0.29, 0.717) is 42.5 Å². The lowest BCUT2D eigenvalue weighted by Gasteiger charge is -2.23. The summed E-state index contributed by atoms with van der Waals surface area (Å²) in [7, 11) is 0. The summed E-state index contributed by atoms with van der Waals surface area (Å²) in [4.78, 5) is 22.8. The fraction of sp³-hybridized carbons (Fsp3) is 0.227. The molecule has 1 unspecified atom stereocenters. The zero-order valence-corrected chi connectivity index (χ0v) is 17.3. The fourth-order valence-corrected chi connectivity index (χ4v) is 3.68. The van der Waals surface area contributed by atoms with Gasteiger partial charge in [-0.2, -0.15) is 0 Å². The monoisotopic (exact) mass is 443 g/mol. The molecular formula is C22H20ClF2N5O. The lowest BCUT2D eigenvalue weighted by Crippen LogP contribution is -2.31. The van der Waals surface area contributed by atoms with E-state index >= 15 is 0 Å². The second kappa shape index (κ2) is 9.26. The standard InChI is InChI=1S/C22H20ClF2N5O/c23-17-4-2-15(3-5-17)13-27-21-20(16-10-18(24)12-19(25)11-16)30(22(31)28-21)8-1-7-29-9-6-26-14-29/h2-6,9-12,14,20H,1,7-8,13H2,(H,27,28,31). The molecule has 0 bridgehead atoms. The zero-order valence-electron chi connectivity index (χ0n) is 16.5. The fourth-order valence-electron chi connectivity index (χ4n) is 3.55. The highest BCUT2D eigenvalue weighted by Crippen LogP contribution is 2.28. The highest BCUT2D eigenvalue weighted by atomic mass is 35.5. The van der Waals surface area contributed by atoms with Crippen LogP contribution in [0, 0.1) is 11.6 Å². The van der Waals surface area contributed by atoms with Gasteiger partial charge in [0.1, 0.15) is 23.5 Å². The molecule has 6 nitrogen and oxygen atoms in total. The number of nitrogens with zero attached hydrogens (tertiary/aromatic N) is 4. The number of halogens is 3. The van der Waals surface area contributed by atoms with Crippen molar-refractivity contribution in [3.05, 3.63) is 89.0 Å². The predicted molar refractivity (Wildman–Crippen MR) is 114 cm³/mol. The van der Waals surface area contributed by atoms with Gasteiger partial charge in [0.2, 0.25) is 0 Å². The SMILES string of the molecule is O=C1N/C(=N/Cc2ccc(Cl)cc2)C(c2cc(F)cc(F)c2)N1CCCn1ccnc1. The van der Waals surface area contributed by atoms with Gasteiger partial charge in [0, 0.05) is 36.6 Å². The summed E-state index contributed by atoms with van der Waals surface area (Å²) >= 11 is 5.92. The molecule has 0 saturated carbocycles. The topological polar surface area (TPSA) is 62.5 Å². The lowest BCUT2D eigenvalue weighted by molar-refractivity contribution is 0.204. The van der Waals surface area contributed by atoms with Crippen LogP contribution in [-0.4, -0.2) is 32.9 Å². The number of amides is 2. The van der Waals surface area contributed by atoms with Gasteiger partial charge in [0.15, 0.2) is 0 Å². The summed E-state index contributed by atoms with van der Waals surface area (Å²) in [6.45, 7) is 1.34. The van der Waals surface area contributed by atoms with E-state index in [1.165, 1.54) is 12.1 Å². The maximum atomic E-state index is 13.9. The summed E-state index contributed by atoms with van der Waals surface area (Å²) in [6.07, 6.45) is 5.86. The van der Waals surface area contributed by atoms with E-state index in [4.69, 9.17) is 11.6 Å². The highest BCUT2D eigenvalue weighted by Gasteiger charge is 2.37. The number of benzene rings is 2. The average molecular weight is 444 g/mol. The smallest absolute Gasteiger partial charge is 0.323 e. The minimum absolute atomic E-state index is 0.296. The maximum Gasteiger partial charge on any atom is 0.323 e. The molecular weight excluding hydrogens is 424 g/mol. The second-order valence-corrected chi connectivity index (χ2v) is 7.65. The molecule has 4 rings (SSSR count). The molecule has 0 aliphatic carbocycles. The molecule has 1 atom stereocenters. The van der Waals surface area contributed by atoms with E-state index in [1.54, 1.807) is 29.6 Å². The normalized spacial score (nSPS) is 17.4. The van der Waals surface area contributed by atoms with Crippen molar-refractivity contribution in [3.8, 4) is 0 Å². The summed E-state index contributed by atoms with van der Waals surface area (Å²) < 4.78 is 29.8. The number of rotatable bonds is 7. The molecule has 2 aromatic carbocycles. The van der Waals surface area contributed by atoms with Crippen LogP contribution >= 0.6 is 11.6 Å². The molecule has 2 heterocycles. The van der Waals surface area contributed by atoms with Gasteiger partial charge in [-0.15, -0.1) is 0 Å². The van der Waals surface area contributed by atoms with Gasteiger partial charge >= 0.3 is 6.03 Å². The van der Waals surface area contributed by atoms with Gasteiger partial charge in [0.05, 0.1) is 12.9 Å². The van der Waals surface area contributed by atoms with Crippen LogP contribution in [0.25, 0.3) is 0 Å². The number of hydrogen-bond acceptors (Lipinski definition) is 3. The average Bonchev–Trinajstić information content (AvgIpc) is 3.35. The van der Waals surface area contributed by atoms with Crippen molar-refractivity contribution < 1.29 is 13.6 Å². The van der Waals surface area contributed by atoms with Gasteiger partial charge < -0.3 is 9.47 Å². The van der Waals surface area contributed by atoms with Crippen LogP contribution in [0.5, 0.6) is 0 Å². The van der Waals surface area contributed by atoms with Crippen LogP contribution in [0.2, 0.25) is 5.02 Å². The molecule has 1 fully saturated rings. The van der Waals surface area contributed by atoms with E-state index < -0.39 is 17.7 Å². The number of nitrogens with one attached hydrogen (secondary N) is 1. The zero-order chi connectivity index (χ0) is 21.8. The Labute approximate surface area is 183 Å². The van der Waals surface area contributed by atoms with Crippen LogP contribution in [0.3, 0.4) is 0 Å². The van der Waals surface area contributed by atoms with Crippen molar-refractivity contribution in [2.45, 2.75) is 25.6 Å². The number of aryl methyl sites for hydroxylation is 1. The maximum absolute atomic E-state index is 13.9. The van der Waals surface area contributed by atoms with Gasteiger partial charge in [-0.3, -0.25) is 10.3 Å². The van der Waals surface area contributed by atoms with E-state index in [1.807, 2.05) is 22.9 Å². The van der Waals surface area contributed by atoms with Gasteiger partial charge in [-0.25, -0.2) is 18.6 Å². The minimum Gasteiger partial charge on any atom is -0.337 e. The molecule has 1 aliphatic heterocycles. The Morgan fingerprint density at radius 1 is 1.10 bits per heavy atom. The van der Waals surface area contributed by atoms with E-state index in [9.17, 15) is 13.6 Å². The number of aliphatic imine (C=N–C) groups is 1. The van der Waals surface area contributed by atoms with E-state index in [2.05, 4.69) is 15.3 Å². The minimum atomic E-state index is -0.704. The van der Waals surface area contributed by atoms with Crippen LogP contribution in [-0.2, 0) is 13.1 Å². The van der Waals surface area contributed by atoms with Crippen LogP contribution in [0.4, 0.5) is 13.6 Å². The Morgan fingerprint density at radius 3 is 2.52 bits per heavy atom. The first-order chi connectivity index (χ1) is 15.0. The Kier molecular flexibility index (Phi) is 6.27. The van der Waals surface area contributed by atoms with E-state index in [-0.39, 0.29) is 6.03 Å². The Bertz CT molecular complexity index is 1070. The summed E-state index contributed by atoms with van der Waals surface area (Å²) in [5.74, 6) is -1.05. The molecule has 0 spiro atoms. The van der Waals surface area contributed by atoms with Crippen LogP contribution < -0.4 is 5.32 Å². The van der Waals surface area contributed by atoms with E-state index in [0.717, 1.165) is 11.6 Å². The number of hydrogen-bond donors (Lipinski definition) is 1. The van der Waals surface area contributed by atoms with Crippen LogP contribution in [0.1, 0.15) is 23.6 Å². The van der Waals surface area contributed by atoms with Crippen molar-refractivity contribution in [1.82, 2.24) is 19.8 Å². The van der Waals surface area contributed by atoms with Crippen molar-refractivity contribution >= 4 is 23.5 Å². The number of urea groups is 1.